The number of hydrogen-bond acceptors (Lipinski definition) is 3. The summed E-state index contributed by atoms with van der Waals surface area (Å²) in [4.78, 5) is 14.5. The van der Waals surface area contributed by atoms with Crippen LogP contribution in [0.5, 0.6) is 5.75 Å². The van der Waals surface area contributed by atoms with Crippen molar-refractivity contribution in [1.29, 1.82) is 0 Å². The molecule has 3 rings (SSSR count). The summed E-state index contributed by atoms with van der Waals surface area (Å²) in [5, 5.41) is 0. The van der Waals surface area contributed by atoms with Crippen LogP contribution >= 0.6 is 0 Å². The van der Waals surface area contributed by atoms with Crippen molar-refractivity contribution in [2.75, 3.05) is 19.6 Å². The molecule has 0 unspecified atom stereocenters. The molecule has 0 spiro atoms. The highest BCUT2D eigenvalue weighted by Crippen LogP contribution is 2.32. The van der Waals surface area contributed by atoms with E-state index in [1.54, 1.807) is 12.1 Å². The minimum Gasteiger partial charge on any atom is -0.406 e. The second-order valence-corrected chi connectivity index (χ2v) is 7.00. The topological polar surface area (TPSA) is 55.6 Å². The lowest BCUT2D eigenvalue weighted by Gasteiger charge is -2.17. The first-order valence-corrected chi connectivity index (χ1v) is 9.23. The van der Waals surface area contributed by atoms with Crippen LogP contribution in [-0.2, 0) is 11.2 Å². The second kappa shape index (κ2) is 8.65. The molecular formula is C21H23F3N2O2. The molecule has 2 N–H and O–H groups in total. The molecule has 7 heteroatoms. The van der Waals surface area contributed by atoms with Crippen LogP contribution in [0.3, 0.4) is 0 Å². The largest absolute Gasteiger partial charge is 0.573 e. The zero-order valence-electron chi connectivity index (χ0n) is 15.4. The van der Waals surface area contributed by atoms with Gasteiger partial charge >= 0.3 is 6.36 Å². The van der Waals surface area contributed by atoms with Gasteiger partial charge in [0.05, 0.1) is 0 Å². The Morgan fingerprint density at radius 3 is 2.36 bits per heavy atom. The SMILES string of the molecule is NC[C@@H]1CN(C(=O)CCc2ccc(OC(F)(F)F)cc2)C[C@H]1c1ccccc1. The lowest BCUT2D eigenvalue weighted by Crippen LogP contribution is -2.30. The molecule has 4 nitrogen and oxygen atoms in total. The van der Waals surface area contributed by atoms with Crippen LogP contribution in [0.4, 0.5) is 13.2 Å². The van der Waals surface area contributed by atoms with Gasteiger partial charge < -0.3 is 15.4 Å². The summed E-state index contributed by atoms with van der Waals surface area (Å²) >= 11 is 0. The van der Waals surface area contributed by atoms with Gasteiger partial charge in [-0.05, 0) is 42.1 Å². The standard InChI is InChI=1S/C21H23F3N2O2/c22-21(23,24)28-18-9-6-15(7-10-18)8-11-20(27)26-13-17(12-25)19(14-26)16-4-2-1-3-5-16/h1-7,9-10,17,19H,8,11-14,25H2/t17-,19+/m1/s1. The summed E-state index contributed by atoms with van der Waals surface area (Å²) in [6.45, 7) is 1.79. The number of likely N-dealkylation sites (tertiary alicyclic amines) is 1. The normalized spacial score (nSPS) is 19.6. The van der Waals surface area contributed by atoms with Crippen molar-refractivity contribution < 1.29 is 22.7 Å². The molecule has 0 saturated carbocycles. The number of carbonyl (C=O) groups excluding carboxylic acids is 1. The van der Waals surface area contributed by atoms with Crippen molar-refractivity contribution in [1.82, 2.24) is 4.90 Å². The molecule has 1 heterocycles. The number of nitrogens with two attached hydrogens (primary N) is 1. The van der Waals surface area contributed by atoms with Crippen LogP contribution in [0, 0.1) is 5.92 Å². The van der Waals surface area contributed by atoms with E-state index in [1.165, 1.54) is 17.7 Å². The average Bonchev–Trinajstić information content (AvgIpc) is 3.11. The van der Waals surface area contributed by atoms with Crippen LogP contribution in [0.2, 0.25) is 0 Å². The van der Waals surface area contributed by atoms with Crippen molar-refractivity contribution in [2.24, 2.45) is 11.7 Å². The second-order valence-electron chi connectivity index (χ2n) is 7.00. The third-order valence-electron chi connectivity index (χ3n) is 5.11. The van der Waals surface area contributed by atoms with Crippen molar-refractivity contribution in [3.05, 3.63) is 65.7 Å². The van der Waals surface area contributed by atoms with E-state index in [1.807, 2.05) is 23.1 Å². The van der Waals surface area contributed by atoms with Gasteiger partial charge in [-0.2, -0.15) is 0 Å². The molecule has 1 aliphatic heterocycles. The Hall–Kier alpha value is -2.54. The maximum absolute atomic E-state index is 12.6. The summed E-state index contributed by atoms with van der Waals surface area (Å²) < 4.78 is 40.5. The molecule has 2 aromatic carbocycles. The lowest BCUT2D eigenvalue weighted by molar-refractivity contribution is -0.274. The number of carbonyl (C=O) groups is 1. The van der Waals surface area contributed by atoms with E-state index >= 15 is 0 Å². The van der Waals surface area contributed by atoms with Gasteiger partial charge in [-0.3, -0.25) is 4.79 Å². The molecule has 2 aromatic rings. The Kier molecular flexibility index (Phi) is 6.24. The number of amides is 1. The summed E-state index contributed by atoms with van der Waals surface area (Å²) in [5.74, 6) is 0.227. The van der Waals surface area contributed by atoms with Gasteiger partial charge in [0.25, 0.3) is 0 Å². The number of nitrogens with zero attached hydrogens (tertiary/aromatic N) is 1. The van der Waals surface area contributed by atoms with E-state index < -0.39 is 6.36 Å². The fraction of sp³-hybridized carbons (Fsp3) is 0.381. The van der Waals surface area contributed by atoms with E-state index in [0.29, 0.717) is 32.5 Å². The Labute approximate surface area is 162 Å². The zero-order valence-corrected chi connectivity index (χ0v) is 15.4. The average molecular weight is 392 g/mol. The summed E-state index contributed by atoms with van der Waals surface area (Å²) in [7, 11) is 0. The van der Waals surface area contributed by atoms with Crippen LogP contribution in [0.1, 0.15) is 23.5 Å². The first kappa shape index (κ1) is 20.2. The summed E-state index contributed by atoms with van der Waals surface area (Å²) in [6, 6.07) is 15.7. The first-order chi connectivity index (χ1) is 13.4. The van der Waals surface area contributed by atoms with Gasteiger partial charge in [-0.1, -0.05) is 42.5 Å². The first-order valence-electron chi connectivity index (χ1n) is 9.23. The molecule has 0 radical (unpaired) electrons. The van der Waals surface area contributed by atoms with E-state index in [0.717, 1.165) is 5.56 Å². The number of rotatable bonds is 6. The quantitative estimate of drug-likeness (QED) is 0.815. The molecule has 2 atom stereocenters. The molecule has 1 aliphatic rings. The molecule has 28 heavy (non-hydrogen) atoms. The number of benzene rings is 2. The molecule has 0 aliphatic carbocycles. The van der Waals surface area contributed by atoms with E-state index in [4.69, 9.17) is 5.73 Å². The molecule has 1 fully saturated rings. The number of aryl methyl sites for hydroxylation is 1. The number of halogens is 3. The smallest absolute Gasteiger partial charge is 0.406 e. The van der Waals surface area contributed by atoms with Gasteiger partial charge in [0, 0.05) is 25.4 Å². The Morgan fingerprint density at radius 2 is 1.75 bits per heavy atom. The highest BCUT2D eigenvalue weighted by atomic mass is 19.4. The van der Waals surface area contributed by atoms with Gasteiger partial charge in [0.2, 0.25) is 5.91 Å². The monoisotopic (exact) mass is 392 g/mol. The number of ether oxygens (including phenoxy) is 1. The fourth-order valence-corrected chi connectivity index (χ4v) is 3.66. The molecular weight excluding hydrogens is 369 g/mol. The Morgan fingerprint density at radius 1 is 1.07 bits per heavy atom. The zero-order chi connectivity index (χ0) is 20.1. The maximum atomic E-state index is 12.6. The van der Waals surface area contributed by atoms with Crippen molar-refractivity contribution >= 4 is 5.91 Å². The van der Waals surface area contributed by atoms with E-state index in [9.17, 15) is 18.0 Å². The van der Waals surface area contributed by atoms with Gasteiger partial charge in [-0.25, -0.2) is 0 Å². The lowest BCUT2D eigenvalue weighted by atomic mass is 9.89. The molecule has 1 amide bonds. The van der Waals surface area contributed by atoms with Crippen molar-refractivity contribution in [3.63, 3.8) is 0 Å². The minimum absolute atomic E-state index is 0.0347. The van der Waals surface area contributed by atoms with Gasteiger partial charge in [0.15, 0.2) is 0 Å². The Bertz CT molecular complexity index is 778. The van der Waals surface area contributed by atoms with Crippen LogP contribution < -0.4 is 10.5 Å². The van der Waals surface area contributed by atoms with Crippen LogP contribution in [0.25, 0.3) is 0 Å². The third-order valence-corrected chi connectivity index (χ3v) is 5.11. The highest BCUT2D eigenvalue weighted by Gasteiger charge is 2.35. The van der Waals surface area contributed by atoms with Crippen LogP contribution in [-0.4, -0.2) is 36.8 Å². The molecule has 0 bridgehead atoms. The Balaban J connectivity index is 1.55. The minimum atomic E-state index is -4.71. The van der Waals surface area contributed by atoms with Gasteiger partial charge in [-0.15, -0.1) is 13.2 Å². The van der Waals surface area contributed by atoms with Crippen molar-refractivity contribution in [2.45, 2.75) is 25.1 Å². The number of alkyl halides is 3. The van der Waals surface area contributed by atoms with Crippen molar-refractivity contribution in [3.8, 4) is 5.75 Å². The molecule has 150 valence electrons. The van der Waals surface area contributed by atoms with Crippen LogP contribution in [0.15, 0.2) is 54.6 Å². The fourth-order valence-electron chi connectivity index (χ4n) is 3.66. The third kappa shape index (κ3) is 5.25. The maximum Gasteiger partial charge on any atom is 0.573 e. The summed E-state index contributed by atoms with van der Waals surface area (Å²) in [6.07, 6.45) is -3.94. The van der Waals surface area contributed by atoms with E-state index in [-0.39, 0.29) is 23.5 Å². The molecule has 1 saturated heterocycles. The predicted molar refractivity (Wildman–Crippen MR) is 99.8 cm³/mol. The van der Waals surface area contributed by atoms with Gasteiger partial charge in [0.1, 0.15) is 5.75 Å². The number of hydrogen-bond donors (Lipinski definition) is 1. The highest BCUT2D eigenvalue weighted by molar-refractivity contribution is 5.77. The van der Waals surface area contributed by atoms with E-state index in [2.05, 4.69) is 16.9 Å². The summed E-state index contributed by atoms with van der Waals surface area (Å²) in [5.41, 5.74) is 7.89. The predicted octanol–water partition coefficient (Wildman–Crippen LogP) is 3.72. The molecule has 0 aromatic heterocycles.